The molecule has 0 nitrogen and oxygen atoms in total. The maximum absolute atomic E-state index is 2.48. The predicted molar refractivity (Wildman–Crippen MR) is 90.0 cm³/mol. The normalized spacial score (nSPS) is 34.1. The van der Waals surface area contributed by atoms with Crippen LogP contribution in [0.2, 0.25) is 0 Å². The molecule has 119 valence electrons. The smallest absolute Gasteiger partial charge is 0.0173 e. The fourth-order valence-corrected chi connectivity index (χ4v) is 6.87. The molecule has 4 saturated carbocycles. The zero-order valence-electron chi connectivity index (χ0n) is 14.3. The third kappa shape index (κ3) is 2.31. The molecule has 0 aromatic heterocycles. The molecular weight excluding hydrogens is 252 g/mol. The van der Waals surface area contributed by atoms with Crippen molar-refractivity contribution in [3.8, 4) is 0 Å². The van der Waals surface area contributed by atoms with Crippen molar-refractivity contribution in [2.24, 2.45) is 22.7 Å². The van der Waals surface area contributed by atoms with Gasteiger partial charge in [0.1, 0.15) is 0 Å². The zero-order chi connectivity index (χ0) is 14.3. The summed E-state index contributed by atoms with van der Waals surface area (Å²) in [5, 5.41) is 0. The summed E-state index contributed by atoms with van der Waals surface area (Å²) in [6.07, 6.45) is 23.2. The fraction of sp³-hybridized carbons (Fsp3) is 0.952. The summed E-state index contributed by atoms with van der Waals surface area (Å²) in [5.74, 6) is 4.20. The Morgan fingerprint density at radius 2 is 1.29 bits per heavy atom. The molecule has 1 radical (unpaired) electrons. The van der Waals surface area contributed by atoms with Gasteiger partial charge in [-0.2, -0.15) is 0 Å². The minimum Gasteiger partial charge on any atom is -0.0625 e. The monoisotopic (exact) mass is 287 g/mol. The molecule has 0 heterocycles. The molecule has 21 heavy (non-hydrogen) atoms. The largest absolute Gasteiger partial charge is 0.0625 e. The van der Waals surface area contributed by atoms with Crippen LogP contribution in [-0.2, 0) is 0 Å². The predicted octanol–water partition coefficient (Wildman–Crippen LogP) is 6.69. The summed E-state index contributed by atoms with van der Waals surface area (Å²) in [7, 11) is 0. The first-order valence-electron chi connectivity index (χ1n) is 10.1. The van der Waals surface area contributed by atoms with Gasteiger partial charge in [0.15, 0.2) is 0 Å². The highest BCUT2D eigenvalue weighted by atomic mass is 14.7. The maximum atomic E-state index is 2.48. The first kappa shape index (κ1) is 14.6. The Kier molecular flexibility index (Phi) is 3.87. The average molecular weight is 288 g/mol. The van der Waals surface area contributed by atoms with Crippen LogP contribution in [-0.4, -0.2) is 0 Å². The summed E-state index contributed by atoms with van der Waals surface area (Å²) in [6, 6.07) is 0. The van der Waals surface area contributed by atoms with Crippen LogP contribution in [0.15, 0.2) is 0 Å². The minimum atomic E-state index is 0.711. The Balaban J connectivity index is 1.66. The Labute approximate surface area is 132 Å². The molecule has 0 N–H and O–H groups in total. The van der Waals surface area contributed by atoms with E-state index in [-0.39, 0.29) is 0 Å². The zero-order valence-corrected chi connectivity index (χ0v) is 14.3. The Bertz CT molecular complexity index is 344. The molecule has 4 aliphatic rings. The molecular formula is C21H35. The van der Waals surface area contributed by atoms with Crippen molar-refractivity contribution < 1.29 is 0 Å². The van der Waals surface area contributed by atoms with Crippen LogP contribution in [0.4, 0.5) is 0 Å². The second kappa shape index (κ2) is 5.57. The third-order valence-electron chi connectivity index (χ3n) is 8.07. The summed E-state index contributed by atoms with van der Waals surface area (Å²) >= 11 is 0. The molecule has 0 saturated heterocycles. The maximum Gasteiger partial charge on any atom is -0.0173 e. The molecule has 0 unspecified atom stereocenters. The van der Waals surface area contributed by atoms with Crippen LogP contribution >= 0.6 is 0 Å². The lowest BCUT2D eigenvalue weighted by Crippen LogP contribution is -2.48. The molecule has 0 amide bonds. The van der Waals surface area contributed by atoms with Crippen molar-refractivity contribution in [2.75, 3.05) is 0 Å². The van der Waals surface area contributed by atoms with Gasteiger partial charge in [0, 0.05) is 0 Å². The molecule has 0 spiro atoms. The Hall–Kier alpha value is 0. The van der Waals surface area contributed by atoms with Gasteiger partial charge in [-0.05, 0) is 80.0 Å². The first-order chi connectivity index (χ1) is 10.3. The lowest BCUT2D eigenvalue weighted by molar-refractivity contribution is -0.0189. The summed E-state index contributed by atoms with van der Waals surface area (Å²) in [5.41, 5.74) is 1.49. The van der Waals surface area contributed by atoms with Gasteiger partial charge in [0.25, 0.3) is 0 Å². The van der Waals surface area contributed by atoms with E-state index in [9.17, 15) is 0 Å². The van der Waals surface area contributed by atoms with E-state index in [2.05, 4.69) is 12.8 Å². The average Bonchev–Trinajstić information content (AvgIpc) is 3.26. The molecule has 0 atom stereocenters. The Morgan fingerprint density at radius 1 is 0.714 bits per heavy atom. The first-order valence-corrected chi connectivity index (χ1v) is 10.1. The second-order valence-electron chi connectivity index (χ2n) is 9.07. The van der Waals surface area contributed by atoms with Gasteiger partial charge in [-0.1, -0.05) is 51.9 Å². The quantitative estimate of drug-likeness (QED) is 0.542. The van der Waals surface area contributed by atoms with E-state index in [0.29, 0.717) is 5.41 Å². The standard InChI is InChI=1S/C21H35/c1-17-7-9-18(10-8-17)20(13-3-2-4-14-20)21(19-11-12-19)15-5-6-16-21/h17,19H,2-16H2,1H3. The van der Waals surface area contributed by atoms with Gasteiger partial charge >= 0.3 is 0 Å². The van der Waals surface area contributed by atoms with Crippen LogP contribution < -0.4 is 0 Å². The highest BCUT2D eigenvalue weighted by Crippen LogP contribution is 2.71. The van der Waals surface area contributed by atoms with Gasteiger partial charge < -0.3 is 0 Å². The van der Waals surface area contributed by atoms with E-state index >= 15 is 0 Å². The van der Waals surface area contributed by atoms with E-state index < -0.39 is 0 Å². The topological polar surface area (TPSA) is 0 Å². The SMILES string of the molecule is CC1CC[C](C2(C3(C4CC4)CCCC3)CCCCC2)CC1. The molecule has 4 aliphatic carbocycles. The van der Waals surface area contributed by atoms with Gasteiger partial charge in [-0.3, -0.25) is 0 Å². The van der Waals surface area contributed by atoms with Crippen molar-refractivity contribution in [1.29, 1.82) is 0 Å². The van der Waals surface area contributed by atoms with E-state index in [4.69, 9.17) is 0 Å². The van der Waals surface area contributed by atoms with Crippen LogP contribution in [0.3, 0.4) is 0 Å². The highest BCUT2D eigenvalue weighted by Gasteiger charge is 2.61. The van der Waals surface area contributed by atoms with Crippen molar-refractivity contribution >= 4 is 0 Å². The van der Waals surface area contributed by atoms with E-state index in [1.807, 2.05) is 0 Å². The van der Waals surface area contributed by atoms with Gasteiger partial charge in [0.05, 0.1) is 0 Å². The summed E-state index contributed by atoms with van der Waals surface area (Å²) in [4.78, 5) is 0. The fourth-order valence-electron chi connectivity index (χ4n) is 6.87. The van der Waals surface area contributed by atoms with E-state index in [1.54, 1.807) is 51.4 Å². The summed E-state index contributed by atoms with van der Waals surface area (Å²) in [6.45, 7) is 2.48. The number of hydrogen-bond donors (Lipinski definition) is 0. The number of hydrogen-bond acceptors (Lipinski definition) is 0. The summed E-state index contributed by atoms with van der Waals surface area (Å²) < 4.78 is 0. The molecule has 0 aliphatic heterocycles. The third-order valence-corrected chi connectivity index (χ3v) is 8.07. The van der Waals surface area contributed by atoms with Crippen molar-refractivity contribution in [3.63, 3.8) is 0 Å². The van der Waals surface area contributed by atoms with E-state index in [1.165, 1.54) is 44.9 Å². The lowest BCUT2D eigenvalue weighted by atomic mass is 9.47. The van der Waals surface area contributed by atoms with Gasteiger partial charge in [-0.15, -0.1) is 0 Å². The van der Waals surface area contributed by atoms with Crippen molar-refractivity contribution in [2.45, 2.75) is 103 Å². The molecule has 0 heteroatoms. The minimum absolute atomic E-state index is 0.711. The van der Waals surface area contributed by atoms with Gasteiger partial charge in [-0.25, -0.2) is 0 Å². The molecule has 4 rings (SSSR count). The van der Waals surface area contributed by atoms with Gasteiger partial charge in [0.2, 0.25) is 0 Å². The number of rotatable bonds is 3. The molecule has 0 bridgehead atoms. The van der Waals surface area contributed by atoms with Crippen LogP contribution in [0.5, 0.6) is 0 Å². The lowest BCUT2D eigenvalue weighted by Gasteiger charge is -2.57. The van der Waals surface area contributed by atoms with Crippen molar-refractivity contribution in [3.05, 3.63) is 5.92 Å². The molecule has 0 aromatic carbocycles. The second-order valence-corrected chi connectivity index (χ2v) is 9.07. The van der Waals surface area contributed by atoms with Crippen molar-refractivity contribution in [1.82, 2.24) is 0 Å². The Morgan fingerprint density at radius 3 is 1.86 bits per heavy atom. The van der Waals surface area contributed by atoms with Crippen LogP contribution in [0.1, 0.15) is 103 Å². The van der Waals surface area contributed by atoms with E-state index in [0.717, 1.165) is 17.3 Å². The van der Waals surface area contributed by atoms with Crippen LogP contribution in [0, 0.1) is 28.6 Å². The molecule has 4 fully saturated rings. The molecule has 0 aromatic rings. The highest BCUT2D eigenvalue weighted by molar-refractivity contribution is 5.20. The van der Waals surface area contributed by atoms with Crippen LogP contribution in [0.25, 0.3) is 0 Å².